The molecule has 1 aliphatic rings. The number of aromatic nitrogens is 1. The molecule has 1 saturated heterocycles. The molecule has 0 radical (unpaired) electrons. The number of nitrogens with one attached hydrogen (secondary N) is 1. The highest BCUT2D eigenvalue weighted by Crippen LogP contribution is 2.31. The van der Waals surface area contributed by atoms with Gasteiger partial charge in [-0.1, -0.05) is 40.6 Å². The number of piperidine rings is 1. The van der Waals surface area contributed by atoms with E-state index in [1.165, 1.54) is 33.8 Å². The van der Waals surface area contributed by atoms with Crippen LogP contribution in [-0.2, 0) is 14.8 Å². The number of fused-ring (bicyclic) bond motifs is 1. The number of hydrogen-bond donors (Lipinski definition) is 1. The fourth-order valence-electron chi connectivity index (χ4n) is 3.78. The number of benzene rings is 2. The number of sulfonamides is 1. The zero-order valence-electron chi connectivity index (χ0n) is 17.0. The molecule has 1 aromatic heterocycles. The first-order valence-electron chi connectivity index (χ1n) is 9.79. The van der Waals surface area contributed by atoms with Gasteiger partial charge < -0.3 is 5.32 Å². The van der Waals surface area contributed by atoms with Gasteiger partial charge >= 0.3 is 0 Å². The smallest absolute Gasteiger partial charge is 0.243 e. The van der Waals surface area contributed by atoms with Crippen LogP contribution in [0.15, 0.2) is 35.2 Å². The van der Waals surface area contributed by atoms with E-state index < -0.39 is 10.0 Å². The molecule has 1 aliphatic heterocycles. The van der Waals surface area contributed by atoms with Crippen molar-refractivity contribution in [2.24, 2.45) is 5.92 Å². The number of nitrogens with zero attached hydrogens (tertiary/aromatic N) is 2. The first-order chi connectivity index (χ1) is 14.6. The van der Waals surface area contributed by atoms with Crippen LogP contribution in [0.3, 0.4) is 0 Å². The summed E-state index contributed by atoms with van der Waals surface area (Å²) in [4.78, 5) is 17.4. The van der Waals surface area contributed by atoms with Gasteiger partial charge in [-0.15, -0.1) is 0 Å². The molecule has 6 nitrogen and oxygen atoms in total. The maximum Gasteiger partial charge on any atom is 0.243 e. The molecule has 0 unspecified atom stereocenters. The maximum absolute atomic E-state index is 12.9. The molecule has 31 heavy (non-hydrogen) atoms. The SMILES string of the molecule is Cc1cc(C)c2nc(NC(=O)C3CCN(S(=O)(=O)c4ccc(Cl)c(Cl)c4)CC3)sc2c1. The standard InChI is InChI=1S/C21H21Cl2N3O3S2/c1-12-9-13(2)19-18(10-12)30-21(24-19)25-20(27)14-5-7-26(8-6-14)31(28,29)15-3-4-16(22)17(23)11-15/h3-4,9-11,14H,5-8H2,1-2H3,(H,24,25,27). The molecule has 2 aromatic carbocycles. The van der Waals surface area contributed by atoms with Crippen molar-refractivity contribution in [1.82, 2.24) is 9.29 Å². The lowest BCUT2D eigenvalue weighted by atomic mass is 9.97. The third kappa shape index (κ3) is 4.59. The molecule has 164 valence electrons. The number of carbonyl (C=O) groups is 1. The lowest BCUT2D eigenvalue weighted by Crippen LogP contribution is -2.41. The second-order valence-electron chi connectivity index (χ2n) is 7.69. The fourth-order valence-corrected chi connectivity index (χ4v) is 6.68. The first-order valence-corrected chi connectivity index (χ1v) is 12.8. The van der Waals surface area contributed by atoms with Crippen molar-refractivity contribution >= 4 is 65.8 Å². The van der Waals surface area contributed by atoms with Crippen molar-refractivity contribution in [1.29, 1.82) is 0 Å². The van der Waals surface area contributed by atoms with Gasteiger partial charge in [-0.05, 0) is 62.1 Å². The van der Waals surface area contributed by atoms with Gasteiger partial charge in [0.25, 0.3) is 0 Å². The maximum atomic E-state index is 12.9. The van der Waals surface area contributed by atoms with Crippen molar-refractivity contribution in [3.05, 3.63) is 51.5 Å². The quantitative estimate of drug-likeness (QED) is 0.532. The number of carbonyl (C=O) groups excluding carboxylic acids is 1. The third-order valence-electron chi connectivity index (χ3n) is 5.41. The van der Waals surface area contributed by atoms with Crippen LogP contribution in [0.25, 0.3) is 10.2 Å². The Balaban J connectivity index is 1.42. The number of anilines is 1. The van der Waals surface area contributed by atoms with Crippen LogP contribution >= 0.6 is 34.5 Å². The van der Waals surface area contributed by atoms with Crippen LogP contribution in [0.5, 0.6) is 0 Å². The van der Waals surface area contributed by atoms with Gasteiger partial charge in [0.05, 0.1) is 25.2 Å². The van der Waals surface area contributed by atoms with Crippen molar-refractivity contribution < 1.29 is 13.2 Å². The van der Waals surface area contributed by atoms with Crippen molar-refractivity contribution in [3.63, 3.8) is 0 Å². The minimum absolute atomic E-state index is 0.102. The Hall–Kier alpha value is -1.71. The monoisotopic (exact) mass is 497 g/mol. The normalized spacial score (nSPS) is 16.0. The molecule has 4 rings (SSSR count). The first kappa shape index (κ1) is 22.5. The Morgan fingerprint density at radius 1 is 1.13 bits per heavy atom. The number of hydrogen-bond acceptors (Lipinski definition) is 5. The lowest BCUT2D eigenvalue weighted by molar-refractivity contribution is -0.120. The summed E-state index contributed by atoms with van der Waals surface area (Å²) < 4.78 is 28.2. The van der Waals surface area contributed by atoms with Gasteiger partial charge in [0, 0.05) is 19.0 Å². The van der Waals surface area contributed by atoms with Gasteiger partial charge in [-0.3, -0.25) is 4.79 Å². The van der Waals surface area contributed by atoms with E-state index in [4.69, 9.17) is 23.2 Å². The predicted octanol–water partition coefficient (Wildman–Crippen LogP) is 5.26. The van der Waals surface area contributed by atoms with Crippen LogP contribution in [0.4, 0.5) is 5.13 Å². The Labute approximate surface area is 195 Å². The van der Waals surface area contributed by atoms with Crippen molar-refractivity contribution in [2.75, 3.05) is 18.4 Å². The second-order valence-corrected chi connectivity index (χ2v) is 11.5. The Morgan fingerprint density at radius 2 is 1.84 bits per heavy atom. The van der Waals surface area contributed by atoms with Crippen LogP contribution in [0.2, 0.25) is 10.0 Å². The van der Waals surface area contributed by atoms with E-state index in [0.717, 1.165) is 21.3 Å². The molecule has 0 spiro atoms. The molecule has 0 saturated carbocycles. The minimum atomic E-state index is -3.69. The molecule has 0 aliphatic carbocycles. The summed E-state index contributed by atoms with van der Waals surface area (Å²) >= 11 is 13.3. The van der Waals surface area contributed by atoms with E-state index >= 15 is 0 Å². The zero-order valence-corrected chi connectivity index (χ0v) is 20.1. The summed E-state index contributed by atoms with van der Waals surface area (Å²) in [6.45, 7) is 4.56. The average Bonchev–Trinajstić information content (AvgIpc) is 3.12. The highest BCUT2D eigenvalue weighted by atomic mass is 35.5. The fraction of sp³-hybridized carbons (Fsp3) is 0.333. The van der Waals surface area contributed by atoms with Crippen molar-refractivity contribution in [2.45, 2.75) is 31.6 Å². The summed E-state index contributed by atoms with van der Waals surface area (Å²) in [5, 5.41) is 3.98. The van der Waals surface area contributed by atoms with Gasteiger partial charge in [0.1, 0.15) is 0 Å². The van der Waals surface area contributed by atoms with E-state index in [9.17, 15) is 13.2 Å². The van der Waals surface area contributed by atoms with E-state index in [1.807, 2.05) is 13.8 Å². The summed E-state index contributed by atoms with van der Waals surface area (Å²) in [5.74, 6) is -0.393. The summed E-state index contributed by atoms with van der Waals surface area (Å²) in [6, 6.07) is 8.39. The van der Waals surface area contributed by atoms with Crippen LogP contribution in [-0.4, -0.2) is 36.7 Å². The third-order valence-corrected chi connectivity index (χ3v) is 8.97. The van der Waals surface area contributed by atoms with Gasteiger partial charge in [0.2, 0.25) is 15.9 Å². The van der Waals surface area contributed by atoms with E-state index in [0.29, 0.717) is 23.0 Å². The van der Waals surface area contributed by atoms with Gasteiger partial charge in [-0.25, -0.2) is 13.4 Å². The summed E-state index contributed by atoms with van der Waals surface area (Å²) in [6.07, 6.45) is 0.880. The zero-order chi connectivity index (χ0) is 22.3. The van der Waals surface area contributed by atoms with Gasteiger partial charge in [-0.2, -0.15) is 4.31 Å². The molecule has 1 N–H and O–H groups in total. The van der Waals surface area contributed by atoms with E-state index in [2.05, 4.69) is 22.4 Å². The molecule has 0 bridgehead atoms. The molecular weight excluding hydrogens is 477 g/mol. The number of aryl methyl sites for hydroxylation is 2. The largest absolute Gasteiger partial charge is 0.302 e. The van der Waals surface area contributed by atoms with E-state index in [1.54, 1.807) is 0 Å². The van der Waals surface area contributed by atoms with Gasteiger partial charge in [0.15, 0.2) is 5.13 Å². The number of rotatable bonds is 4. The topological polar surface area (TPSA) is 79.4 Å². The number of thiazole rings is 1. The molecule has 10 heteroatoms. The molecule has 1 fully saturated rings. The Morgan fingerprint density at radius 3 is 2.52 bits per heavy atom. The highest BCUT2D eigenvalue weighted by molar-refractivity contribution is 7.89. The van der Waals surface area contributed by atoms with Crippen LogP contribution < -0.4 is 5.32 Å². The molecule has 0 atom stereocenters. The second kappa shape index (κ2) is 8.67. The Bertz CT molecular complexity index is 1270. The lowest BCUT2D eigenvalue weighted by Gasteiger charge is -2.30. The molecule has 1 amide bonds. The van der Waals surface area contributed by atoms with E-state index in [-0.39, 0.29) is 34.8 Å². The molecule has 2 heterocycles. The summed E-state index contributed by atoms with van der Waals surface area (Å²) in [5.41, 5.74) is 3.13. The number of amides is 1. The van der Waals surface area contributed by atoms with Crippen LogP contribution in [0.1, 0.15) is 24.0 Å². The summed E-state index contributed by atoms with van der Waals surface area (Å²) in [7, 11) is -3.69. The molecule has 3 aromatic rings. The minimum Gasteiger partial charge on any atom is -0.302 e. The van der Waals surface area contributed by atoms with Crippen molar-refractivity contribution in [3.8, 4) is 0 Å². The number of halogens is 2. The average molecular weight is 498 g/mol. The highest BCUT2D eigenvalue weighted by Gasteiger charge is 2.32. The molecular formula is C21H21Cl2N3O3S2. The Kier molecular flexibility index (Phi) is 6.29. The van der Waals surface area contributed by atoms with Crippen LogP contribution in [0, 0.1) is 19.8 Å². The predicted molar refractivity (Wildman–Crippen MR) is 126 cm³/mol.